The number of sulfone groups is 1. The average molecular weight is 281 g/mol. The first-order valence-corrected chi connectivity index (χ1v) is 9.49. The van der Waals surface area contributed by atoms with Crippen molar-refractivity contribution >= 4 is 20.6 Å². The highest BCUT2D eigenvalue weighted by Gasteiger charge is 2.31. The maximum absolute atomic E-state index is 12.1. The average Bonchev–Trinajstić information content (AvgIpc) is 2.28. The molecule has 4 atom stereocenters. The van der Waals surface area contributed by atoms with E-state index < -0.39 is 20.6 Å². The summed E-state index contributed by atoms with van der Waals surface area (Å²) in [5, 5.41) is -0.288. The first kappa shape index (κ1) is 15.1. The largest absolute Gasteiger partial charge is 0.327 e. The summed E-state index contributed by atoms with van der Waals surface area (Å²) >= 11 is 0. The minimum atomic E-state index is -2.99. The van der Waals surface area contributed by atoms with Gasteiger partial charge >= 0.3 is 0 Å². The Morgan fingerprint density at radius 2 is 2.06 bits per heavy atom. The van der Waals surface area contributed by atoms with Crippen molar-refractivity contribution in [3.8, 4) is 0 Å². The van der Waals surface area contributed by atoms with Gasteiger partial charge in [-0.1, -0.05) is 13.3 Å². The maximum atomic E-state index is 12.1. The molecule has 0 aromatic rings. The van der Waals surface area contributed by atoms with Crippen LogP contribution in [0.25, 0.3) is 0 Å². The van der Waals surface area contributed by atoms with Crippen LogP contribution < -0.4 is 5.73 Å². The molecule has 1 saturated carbocycles. The van der Waals surface area contributed by atoms with Gasteiger partial charge in [-0.15, -0.1) is 0 Å². The Morgan fingerprint density at radius 1 is 1.41 bits per heavy atom. The van der Waals surface area contributed by atoms with Gasteiger partial charge in [0, 0.05) is 34.1 Å². The van der Waals surface area contributed by atoms with Gasteiger partial charge in [-0.05, 0) is 25.7 Å². The van der Waals surface area contributed by atoms with Gasteiger partial charge in [0.1, 0.15) is 9.84 Å². The molecule has 4 unspecified atom stereocenters. The molecule has 6 heteroatoms. The minimum Gasteiger partial charge on any atom is -0.327 e. The van der Waals surface area contributed by atoms with Crippen molar-refractivity contribution in [2.45, 2.75) is 55.6 Å². The lowest BCUT2D eigenvalue weighted by atomic mass is 10.00. The summed E-state index contributed by atoms with van der Waals surface area (Å²) in [5.41, 5.74) is 5.79. The first-order valence-electron chi connectivity index (χ1n) is 6.16. The topological polar surface area (TPSA) is 77.2 Å². The van der Waals surface area contributed by atoms with E-state index in [9.17, 15) is 12.6 Å². The van der Waals surface area contributed by atoms with Crippen LogP contribution in [0.2, 0.25) is 0 Å². The van der Waals surface area contributed by atoms with Gasteiger partial charge in [0.2, 0.25) is 0 Å². The molecule has 0 bridgehead atoms. The van der Waals surface area contributed by atoms with Crippen LogP contribution in [0, 0.1) is 0 Å². The predicted octanol–water partition coefficient (Wildman–Crippen LogP) is 0.828. The van der Waals surface area contributed by atoms with Gasteiger partial charge in [-0.2, -0.15) is 0 Å². The summed E-state index contributed by atoms with van der Waals surface area (Å²) in [7, 11) is -3.97. The van der Waals surface area contributed by atoms with E-state index in [0.717, 1.165) is 19.3 Å². The highest BCUT2D eigenvalue weighted by Crippen LogP contribution is 2.27. The van der Waals surface area contributed by atoms with Crippen LogP contribution in [0.4, 0.5) is 0 Å². The molecular weight excluding hydrogens is 258 g/mol. The SMILES string of the molecule is CCC(N)CS(=O)C1CCCC(S(C)(=O)=O)C1. The summed E-state index contributed by atoms with van der Waals surface area (Å²) in [5.74, 6) is 0.498. The van der Waals surface area contributed by atoms with Gasteiger partial charge < -0.3 is 5.73 Å². The highest BCUT2D eigenvalue weighted by molar-refractivity contribution is 7.91. The second-order valence-corrected chi connectivity index (χ2v) is 9.04. The van der Waals surface area contributed by atoms with Crippen LogP contribution in [0.1, 0.15) is 39.0 Å². The third-order valence-electron chi connectivity index (χ3n) is 3.46. The lowest BCUT2D eigenvalue weighted by Gasteiger charge is -2.28. The van der Waals surface area contributed by atoms with Crippen LogP contribution in [0.15, 0.2) is 0 Å². The van der Waals surface area contributed by atoms with Crippen molar-refractivity contribution in [1.82, 2.24) is 0 Å². The van der Waals surface area contributed by atoms with Crippen LogP contribution in [-0.4, -0.2) is 41.2 Å². The molecule has 0 amide bonds. The molecule has 2 N–H and O–H groups in total. The molecule has 0 aromatic heterocycles. The van der Waals surface area contributed by atoms with Crippen LogP contribution in [0.3, 0.4) is 0 Å². The lowest BCUT2D eigenvalue weighted by Crippen LogP contribution is -2.36. The molecule has 0 heterocycles. The Labute approximate surface area is 107 Å². The molecule has 0 spiro atoms. The molecule has 102 valence electrons. The van der Waals surface area contributed by atoms with Crippen LogP contribution in [0.5, 0.6) is 0 Å². The second-order valence-electron chi connectivity index (χ2n) is 4.96. The summed E-state index contributed by atoms with van der Waals surface area (Å²) in [6, 6.07) is -0.0329. The van der Waals surface area contributed by atoms with Crippen LogP contribution in [-0.2, 0) is 20.6 Å². The van der Waals surface area contributed by atoms with E-state index in [-0.39, 0.29) is 16.5 Å². The Kier molecular flexibility index (Phi) is 5.60. The molecule has 1 rings (SSSR count). The molecule has 17 heavy (non-hydrogen) atoms. The quantitative estimate of drug-likeness (QED) is 0.809. The fraction of sp³-hybridized carbons (Fsp3) is 1.00. The molecule has 0 aliphatic heterocycles. The van der Waals surface area contributed by atoms with E-state index in [2.05, 4.69) is 0 Å². The van der Waals surface area contributed by atoms with Crippen LogP contribution >= 0.6 is 0 Å². The molecule has 1 aliphatic rings. The van der Waals surface area contributed by atoms with Gasteiger partial charge in [0.05, 0.1) is 5.25 Å². The van der Waals surface area contributed by atoms with Gasteiger partial charge in [-0.3, -0.25) is 4.21 Å². The molecule has 0 saturated heterocycles. The normalized spacial score (nSPS) is 29.8. The minimum absolute atomic E-state index is 0.0149. The zero-order valence-electron chi connectivity index (χ0n) is 10.6. The summed E-state index contributed by atoms with van der Waals surface area (Å²) in [6.07, 6.45) is 5.08. The summed E-state index contributed by atoms with van der Waals surface area (Å²) in [4.78, 5) is 0. The molecule has 4 nitrogen and oxygen atoms in total. The first-order chi connectivity index (χ1) is 7.84. The number of hydrogen-bond donors (Lipinski definition) is 1. The Hall–Kier alpha value is 0.0600. The lowest BCUT2D eigenvalue weighted by molar-refractivity contribution is 0.486. The highest BCUT2D eigenvalue weighted by atomic mass is 32.2. The maximum Gasteiger partial charge on any atom is 0.150 e. The van der Waals surface area contributed by atoms with Crippen molar-refractivity contribution in [3.05, 3.63) is 0 Å². The monoisotopic (exact) mass is 281 g/mol. The van der Waals surface area contributed by atoms with Gasteiger partial charge in [-0.25, -0.2) is 8.42 Å². The van der Waals surface area contributed by atoms with E-state index in [4.69, 9.17) is 5.73 Å². The predicted molar refractivity (Wildman–Crippen MR) is 72.2 cm³/mol. The Bertz CT molecular complexity index is 367. The second kappa shape index (κ2) is 6.29. The van der Waals surface area contributed by atoms with Gasteiger partial charge in [0.25, 0.3) is 0 Å². The fourth-order valence-corrected chi connectivity index (χ4v) is 5.30. The van der Waals surface area contributed by atoms with E-state index in [1.807, 2.05) is 6.92 Å². The molecule has 0 radical (unpaired) electrons. The van der Waals surface area contributed by atoms with E-state index in [1.54, 1.807) is 0 Å². The third kappa shape index (κ3) is 4.67. The van der Waals surface area contributed by atoms with Crippen molar-refractivity contribution < 1.29 is 12.6 Å². The number of nitrogens with two attached hydrogens (primary N) is 1. The summed E-state index contributed by atoms with van der Waals surface area (Å²) in [6.45, 7) is 1.97. The number of rotatable bonds is 5. The zero-order valence-corrected chi connectivity index (χ0v) is 12.2. The Balaban J connectivity index is 2.58. The molecule has 0 aromatic carbocycles. The third-order valence-corrected chi connectivity index (χ3v) is 7.03. The summed E-state index contributed by atoms with van der Waals surface area (Å²) < 4.78 is 35.1. The van der Waals surface area contributed by atoms with E-state index in [1.165, 1.54) is 6.26 Å². The number of hydrogen-bond acceptors (Lipinski definition) is 4. The Morgan fingerprint density at radius 3 is 2.59 bits per heavy atom. The van der Waals surface area contributed by atoms with Gasteiger partial charge in [0.15, 0.2) is 0 Å². The van der Waals surface area contributed by atoms with Crippen molar-refractivity contribution in [2.75, 3.05) is 12.0 Å². The fourth-order valence-electron chi connectivity index (χ4n) is 2.19. The molecular formula is C11H23NO3S2. The van der Waals surface area contributed by atoms with Crippen molar-refractivity contribution in [3.63, 3.8) is 0 Å². The molecule has 1 aliphatic carbocycles. The van der Waals surface area contributed by atoms with E-state index >= 15 is 0 Å². The smallest absolute Gasteiger partial charge is 0.150 e. The molecule has 1 fully saturated rings. The van der Waals surface area contributed by atoms with Crippen molar-refractivity contribution in [2.24, 2.45) is 5.73 Å². The zero-order chi connectivity index (χ0) is 13.1. The van der Waals surface area contributed by atoms with Crippen molar-refractivity contribution in [1.29, 1.82) is 0 Å². The standard InChI is InChI=1S/C11H23NO3S2/c1-3-9(12)8-16(13)10-5-4-6-11(7-10)17(2,14)15/h9-11H,3-8,12H2,1-2H3. The van der Waals surface area contributed by atoms with E-state index in [0.29, 0.717) is 18.6 Å².